The Morgan fingerprint density at radius 3 is 1.30 bits per heavy atom. The first kappa shape index (κ1) is 62.0. The fourth-order valence-electron chi connectivity index (χ4n) is 8.14. The fourth-order valence-corrected chi connectivity index (χ4v) is 8.87. The minimum Gasteiger partial charge on any atom is -0.391 e. The van der Waals surface area contributed by atoms with Crippen LogP contribution in [-0.4, -0.2) is 73.4 Å². The second kappa shape index (κ2) is 46.1. The van der Waals surface area contributed by atoms with E-state index in [0.29, 0.717) is 23.9 Å². The topological polar surface area (TPSA) is 105 Å². The molecule has 0 aliphatic heterocycles. The van der Waals surface area contributed by atoms with Crippen LogP contribution in [0.4, 0.5) is 0 Å². The van der Waals surface area contributed by atoms with E-state index in [1.54, 1.807) is 0 Å². The van der Waals surface area contributed by atoms with Crippen LogP contribution < -0.4 is 5.32 Å². The molecule has 0 heterocycles. The number of aliphatic hydroxyl groups is 1. The van der Waals surface area contributed by atoms with Gasteiger partial charge in [-0.1, -0.05) is 237 Å². The molecule has 0 aromatic rings. The summed E-state index contributed by atoms with van der Waals surface area (Å²) in [4.78, 5) is 23.3. The predicted octanol–water partition coefficient (Wildman–Crippen LogP) is 16.0. The lowest BCUT2D eigenvalue weighted by molar-refractivity contribution is -0.870. The Morgan fingerprint density at radius 2 is 0.905 bits per heavy atom. The SMILES string of the molecule is CCCCCCC/C=C\C/C=C\CCCCCCCCCCCC(=O)NC(COP(=O)(O)OCC[N+](C)(C)C)C(O)CCCCCCCCCCCCCCCCCCCCCC. The third-order valence-electron chi connectivity index (χ3n) is 12.5. The van der Waals surface area contributed by atoms with Crippen LogP contribution >= 0.6 is 7.82 Å². The molecule has 0 fully saturated rings. The molecule has 63 heavy (non-hydrogen) atoms. The van der Waals surface area contributed by atoms with Crippen molar-refractivity contribution in [1.82, 2.24) is 5.32 Å². The third-order valence-corrected chi connectivity index (χ3v) is 13.4. The molecule has 0 rings (SSSR count). The normalized spacial score (nSPS) is 14.2. The van der Waals surface area contributed by atoms with Gasteiger partial charge in [0.2, 0.25) is 5.91 Å². The molecule has 0 saturated heterocycles. The van der Waals surface area contributed by atoms with E-state index in [-0.39, 0.29) is 19.1 Å². The molecule has 8 nitrogen and oxygen atoms in total. The third kappa shape index (κ3) is 48.7. The van der Waals surface area contributed by atoms with Gasteiger partial charge in [0.25, 0.3) is 0 Å². The number of hydrogen-bond acceptors (Lipinski definition) is 5. The lowest BCUT2D eigenvalue weighted by Crippen LogP contribution is -2.46. The highest BCUT2D eigenvalue weighted by molar-refractivity contribution is 7.47. The van der Waals surface area contributed by atoms with Gasteiger partial charge in [0.1, 0.15) is 13.2 Å². The van der Waals surface area contributed by atoms with Gasteiger partial charge in [0.05, 0.1) is 39.9 Å². The van der Waals surface area contributed by atoms with Crippen molar-refractivity contribution in [2.24, 2.45) is 0 Å². The zero-order valence-electron chi connectivity index (χ0n) is 42.6. The Labute approximate surface area is 392 Å². The van der Waals surface area contributed by atoms with Crippen LogP contribution in [0.3, 0.4) is 0 Å². The summed E-state index contributed by atoms with van der Waals surface area (Å²) in [5.41, 5.74) is 0. The molecular weight excluding hydrogens is 804 g/mol. The van der Waals surface area contributed by atoms with Gasteiger partial charge in [0.15, 0.2) is 0 Å². The molecule has 3 N–H and O–H groups in total. The van der Waals surface area contributed by atoms with E-state index in [9.17, 15) is 19.4 Å². The molecule has 3 unspecified atom stereocenters. The Balaban J connectivity index is 4.22. The second-order valence-corrected chi connectivity index (χ2v) is 21.4. The van der Waals surface area contributed by atoms with Crippen LogP contribution in [0.1, 0.15) is 264 Å². The second-order valence-electron chi connectivity index (χ2n) is 20.0. The molecule has 0 bridgehead atoms. The molecule has 3 atom stereocenters. The minimum absolute atomic E-state index is 0.0749. The molecular formula is C54H108N2O6P+. The van der Waals surface area contributed by atoms with Crippen LogP contribution in [-0.2, 0) is 18.4 Å². The van der Waals surface area contributed by atoms with E-state index >= 15 is 0 Å². The van der Waals surface area contributed by atoms with Crippen molar-refractivity contribution < 1.29 is 32.9 Å². The number of quaternary nitrogens is 1. The van der Waals surface area contributed by atoms with E-state index in [4.69, 9.17) is 9.05 Å². The van der Waals surface area contributed by atoms with Gasteiger partial charge in [-0.05, 0) is 44.9 Å². The van der Waals surface area contributed by atoms with Gasteiger partial charge in [0, 0.05) is 6.42 Å². The first-order valence-corrected chi connectivity index (χ1v) is 28.7. The van der Waals surface area contributed by atoms with Gasteiger partial charge < -0.3 is 19.8 Å². The minimum atomic E-state index is -4.32. The van der Waals surface area contributed by atoms with Gasteiger partial charge in [-0.15, -0.1) is 0 Å². The Bertz CT molecular complexity index is 1080. The van der Waals surface area contributed by atoms with Gasteiger partial charge in [-0.3, -0.25) is 13.8 Å². The van der Waals surface area contributed by atoms with Crippen LogP contribution in [0.5, 0.6) is 0 Å². The summed E-state index contributed by atoms with van der Waals surface area (Å²) in [6, 6.07) is -0.762. The quantitative estimate of drug-likeness (QED) is 0.0243. The summed E-state index contributed by atoms with van der Waals surface area (Å²) in [5.74, 6) is -0.146. The number of allylic oxidation sites excluding steroid dienone is 4. The Hall–Kier alpha value is -1.02. The first-order valence-electron chi connectivity index (χ1n) is 27.2. The number of amides is 1. The van der Waals surface area contributed by atoms with Gasteiger partial charge in [-0.25, -0.2) is 4.57 Å². The first-order chi connectivity index (χ1) is 30.5. The van der Waals surface area contributed by atoms with Gasteiger partial charge >= 0.3 is 7.82 Å². The zero-order valence-corrected chi connectivity index (χ0v) is 43.5. The average Bonchev–Trinajstić information content (AvgIpc) is 3.24. The molecule has 0 saturated carbocycles. The molecule has 9 heteroatoms. The number of phosphoric acid groups is 1. The fraction of sp³-hybridized carbons (Fsp3) is 0.907. The standard InChI is InChI=1S/C54H107N2O6P/c1-6-8-10-12-14-16-18-20-22-24-26-28-30-32-34-36-38-40-42-44-46-48-54(58)55-52(51-62-63(59,60)61-50-49-56(3,4)5)53(57)47-45-43-41-39-37-35-33-31-29-27-25-23-21-19-17-15-13-11-9-7-2/h18,20,24,26,52-53,57H,6-17,19,21-23,25,27-51H2,1-5H3,(H-,55,58,59,60)/p+1/b20-18-,26-24-. The Morgan fingerprint density at radius 1 is 0.540 bits per heavy atom. The van der Waals surface area contributed by atoms with Crippen LogP contribution in [0.25, 0.3) is 0 Å². The number of hydrogen-bond donors (Lipinski definition) is 3. The highest BCUT2D eigenvalue weighted by Gasteiger charge is 2.28. The largest absolute Gasteiger partial charge is 0.472 e. The van der Waals surface area contributed by atoms with Crippen LogP contribution in [0, 0.1) is 0 Å². The number of aliphatic hydroxyl groups excluding tert-OH is 1. The molecule has 1 amide bonds. The van der Waals surface area contributed by atoms with Crippen molar-refractivity contribution in [2.45, 2.75) is 276 Å². The maximum absolute atomic E-state index is 13.0. The molecule has 0 aliphatic carbocycles. The molecule has 0 aromatic heterocycles. The zero-order chi connectivity index (χ0) is 46.4. The average molecular weight is 912 g/mol. The lowest BCUT2D eigenvalue weighted by Gasteiger charge is -2.26. The predicted molar refractivity (Wildman–Crippen MR) is 272 cm³/mol. The van der Waals surface area contributed by atoms with E-state index in [0.717, 1.165) is 44.9 Å². The molecule has 0 radical (unpaired) electrons. The number of nitrogens with zero attached hydrogens (tertiary/aromatic N) is 1. The van der Waals surface area contributed by atoms with Crippen LogP contribution in [0.2, 0.25) is 0 Å². The summed E-state index contributed by atoms with van der Waals surface area (Å²) >= 11 is 0. The number of nitrogens with one attached hydrogen (secondary N) is 1. The highest BCUT2D eigenvalue weighted by atomic mass is 31.2. The van der Waals surface area contributed by atoms with E-state index in [1.807, 2.05) is 21.1 Å². The molecule has 374 valence electrons. The lowest BCUT2D eigenvalue weighted by atomic mass is 10.0. The van der Waals surface area contributed by atoms with Crippen molar-refractivity contribution in [3.8, 4) is 0 Å². The Kier molecular flexibility index (Phi) is 45.4. The van der Waals surface area contributed by atoms with Crippen molar-refractivity contribution in [3.05, 3.63) is 24.3 Å². The summed E-state index contributed by atoms with van der Waals surface area (Å²) in [5, 5.41) is 14.1. The van der Waals surface area contributed by atoms with Crippen molar-refractivity contribution >= 4 is 13.7 Å². The van der Waals surface area contributed by atoms with E-state index in [2.05, 4.69) is 43.5 Å². The van der Waals surface area contributed by atoms with Crippen molar-refractivity contribution in [3.63, 3.8) is 0 Å². The summed E-state index contributed by atoms with van der Waals surface area (Å²) in [6.45, 7) is 4.91. The molecule has 0 aromatic carbocycles. The number of carbonyl (C=O) groups is 1. The molecule has 0 spiro atoms. The van der Waals surface area contributed by atoms with Crippen LogP contribution in [0.15, 0.2) is 24.3 Å². The maximum atomic E-state index is 13.0. The number of phosphoric ester groups is 1. The monoisotopic (exact) mass is 912 g/mol. The number of unbranched alkanes of at least 4 members (excludes halogenated alkanes) is 33. The highest BCUT2D eigenvalue weighted by Crippen LogP contribution is 2.43. The summed E-state index contributed by atoms with van der Waals surface area (Å²) in [6.07, 6.45) is 56.4. The van der Waals surface area contributed by atoms with Gasteiger partial charge in [-0.2, -0.15) is 0 Å². The number of rotatable bonds is 50. The maximum Gasteiger partial charge on any atom is 0.472 e. The smallest absolute Gasteiger partial charge is 0.391 e. The number of likely N-dealkylation sites (N-methyl/N-ethyl adjacent to an activating group) is 1. The molecule has 0 aliphatic rings. The van der Waals surface area contributed by atoms with Crippen molar-refractivity contribution in [2.75, 3.05) is 40.9 Å². The number of carbonyl (C=O) groups excluding carboxylic acids is 1. The van der Waals surface area contributed by atoms with Crippen molar-refractivity contribution in [1.29, 1.82) is 0 Å². The summed E-state index contributed by atoms with van der Waals surface area (Å²) in [7, 11) is 1.62. The van der Waals surface area contributed by atoms with E-state index in [1.165, 1.54) is 193 Å². The summed E-state index contributed by atoms with van der Waals surface area (Å²) < 4.78 is 23.8. The van der Waals surface area contributed by atoms with E-state index < -0.39 is 20.0 Å².